The Morgan fingerprint density at radius 2 is 1.73 bits per heavy atom. The van der Waals surface area contributed by atoms with Gasteiger partial charge in [0.25, 0.3) is 0 Å². The molecule has 9 heteroatoms. The third-order valence-corrected chi connectivity index (χ3v) is 4.21. The average molecular weight is 361 g/mol. The molecule has 0 unspecified atom stereocenters. The Labute approximate surface area is 134 Å². The van der Waals surface area contributed by atoms with Crippen molar-refractivity contribution in [2.75, 3.05) is 13.1 Å². The van der Waals surface area contributed by atoms with E-state index in [2.05, 4.69) is 10.0 Å². The summed E-state index contributed by atoms with van der Waals surface area (Å²) in [6.45, 7) is 4.67. The molecule has 0 aliphatic carbocycles. The largest absolute Gasteiger partial charge is 0.393 e. The molecule has 0 spiro atoms. The Hall–Kier alpha value is -0.830. The number of sulfonamides is 1. The molecule has 0 aliphatic heterocycles. The van der Waals surface area contributed by atoms with E-state index in [0.29, 0.717) is 0 Å². The average Bonchev–Trinajstić information content (AvgIpc) is 2.36. The van der Waals surface area contributed by atoms with E-state index in [1.54, 1.807) is 0 Å². The fourth-order valence-corrected chi connectivity index (χ4v) is 2.89. The molecule has 128 valence electrons. The summed E-state index contributed by atoms with van der Waals surface area (Å²) in [6.07, 6.45) is -5.38. The monoisotopic (exact) mass is 360 g/mol. The van der Waals surface area contributed by atoms with Gasteiger partial charge in [-0.2, -0.15) is 13.2 Å². The van der Waals surface area contributed by atoms with Gasteiger partial charge in [0, 0.05) is 12.6 Å². The topological polar surface area (TPSA) is 58.2 Å². The first-order chi connectivity index (χ1) is 9.64. The number of hydrogen-bond donors (Lipinski definition) is 2. The van der Waals surface area contributed by atoms with E-state index in [-0.39, 0.29) is 35.5 Å². The maximum absolute atomic E-state index is 12.2. The molecule has 1 rings (SSSR count). The van der Waals surface area contributed by atoms with Gasteiger partial charge in [0.2, 0.25) is 10.0 Å². The Morgan fingerprint density at radius 1 is 1.18 bits per heavy atom. The predicted molar refractivity (Wildman–Crippen MR) is 81.8 cm³/mol. The molecule has 4 nitrogen and oxygen atoms in total. The molecule has 22 heavy (non-hydrogen) atoms. The van der Waals surface area contributed by atoms with Crippen molar-refractivity contribution in [2.24, 2.45) is 0 Å². The second-order valence-corrected chi connectivity index (χ2v) is 6.51. The molecule has 0 saturated carbocycles. The summed E-state index contributed by atoms with van der Waals surface area (Å²) >= 11 is 0. The highest BCUT2D eigenvalue weighted by Crippen LogP contribution is 2.22. The van der Waals surface area contributed by atoms with E-state index in [1.807, 2.05) is 13.8 Å². The van der Waals surface area contributed by atoms with Gasteiger partial charge >= 0.3 is 6.18 Å². The van der Waals surface area contributed by atoms with Crippen molar-refractivity contribution in [3.63, 3.8) is 0 Å². The normalized spacial score (nSPS) is 13.5. The highest BCUT2D eigenvalue weighted by molar-refractivity contribution is 7.89. The quantitative estimate of drug-likeness (QED) is 0.785. The zero-order valence-corrected chi connectivity index (χ0v) is 13.9. The van der Waals surface area contributed by atoms with Gasteiger partial charge in [0.1, 0.15) is 0 Å². The fraction of sp³-hybridized carbons (Fsp3) is 0.538. The molecule has 0 fully saturated rings. The predicted octanol–water partition coefficient (Wildman–Crippen LogP) is 2.49. The minimum Gasteiger partial charge on any atom is -0.313 e. The molecule has 0 saturated heterocycles. The van der Waals surface area contributed by atoms with Crippen LogP contribution < -0.4 is 10.0 Å². The van der Waals surface area contributed by atoms with Crippen LogP contribution in [0.15, 0.2) is 29.2 Å². The smallest absolute Gasteiger partial charge is 0.313 e. The number of rotatable bonds is 7. The van der Waals surface area contributed by atoms with Crippen molar-refractivity contribution < 1.29 is 21.6 Å². The fourth-order valence-electron chi connectivity index (χ4n) is 1.76. The van der Waals surface area contributed by atoms with Crippen molar-refractivity contribution >= 4 is 22.4 Å². The number of hydrogen-bond acceptors (Lipinski definition) is 3. The van der Waals surface area contributed by atoms with Gasteiger partial charge in [0.15, 0.2) is 0 Å². The van der Waals surface area contributed by atoms with Crippen LogP contribution in [0.3, 0.4) is 0 Å². The first kappa shape index (κ1) is 21.2. The van der Waals surface area contributed by atoms with E-state index >= 15 is 0 Å². The summed E-state index contributed by atoms with van der Waals surface area (Å²) in [5, 5.41) is 3.05. The molecular weight excluding hydrogens is 341 g/mol. The zero-order chi connectivity index (χ0) is 16.1. The summed E-state index contributed by atoms with van der Waals surface area (Å²) < 4.78 is 63.0. The number of nitrogens with one attached hydrogen (secondary N) is 2. The minimum absolute atomic E-state index is 0. The van der Waals surface area contributed by atoms with Gasteiger partial charge in [-0.3, -0.25) is 0 Å². The van der Waals surface area contributed by atoms with E-state index in [4.69, 9.17) is 0 Å². The SMILES string of the molecule is CCN[C@H](C)CNS(=O)(=O)c1ccc(CC(F)(F)F)cc1.Cl. The molecule has 1 atom stereocenters. The Bertz CT molecular complexity index is 547. The van der Waals surface area contributed by atoms with Crippen molar-refractivity contribution in [3.8, 4) is 0 Å². The van der Waals surface area contributed by atoms with Crippen molar-refractivity contribution in [1.29, 1.82) is 0 Å². The lowest BCUT2D eigenvalue weighted by atomic mass is 10.1. The Balaban J connectivity index is 0.00000441. The molecular formula is C13H20ClF3N2O2S. The lowest BCUT2D eigenvalue weighted by molar-refractivity contribution is -0.127. The maximum Gasteiger partial charge on any atom is 0.393 e. The van der Waals surface area contributed by atoms with Crippen LogP contribution in [0.2, 0.25) is 0 Å². The van der Waals surface area contributed by atoms with Gasteiger partial charge in [-0.25, -0.2) is 13.1 Å². The molecule has 0 heterocycles. The molecule has 1 aromatic carbocycles. The number of alkyl halides is 3. The highest BCUT2D eigenvalue weighted by Gasteiger charge is 2.27. The molecule has 0 amide bonds. The van der Waals surface area contributed by atoms with Crippen LogP contribution in [0.25, 0.3) is 0 Å². The third kappa shape index (κ3) is 7.44. The number of halogens is 4. The zero-order valence-electron chi connectivity index (χ0n) is 12.3. The molecule has 0 bridgehead atoms. The van der Waals surface area contributed by atoms with Crippen LogP contribution in [0.5, 0.6) is 0 Å². The van der Waals surface area contributed by atoms with Gasteiger partial charge in [0.05, 0.1) is 11.3 Å². The number of benzene rings is 1. The Morgan fingerprint density at radius 3 is 2.18 bits per heavy atom. The molecule has 0 radical (unpaired) electrons. The van der Waals surface area contributed by atoms with Crippen molar-refractivity contribution in [1.82, 2.24) is 10.0 Å². The van der Waals surface area contributed by atoms with E-state index in [9.17, 15) is 21.6 Å². The van der Waals surface area contributed by atoms with Gasteiger partial charge in [-0.1, -0.05) is 19.1 Å². The third-order valence-electron chi connectivity index (χ3n) is 2.77. The van der Waals surface area contributed by atoms with Crippen molar-refractivity contribution in [2.45, 2.75) is 37.4 Å². The van der Waals surface area contributed by atoms with E-state index in [0.717, 1.165) is 6.54 Å². The lowest BCUT2D eigenvalue weighted by Gasteiger charge is -2.14. The summed E-state index contributed by atoms with van der Waals surface area (Å²) in [6, 6.07) is 4.68. The summed E-state index contributed by atoms with van der Waals surface area (Å²) in [5.41, 5.74) is 0.0301. The van der Waals surface area contributed by atoms with E-state index in [1.165, 1.54) is 24.3 Å². The lowest BCUT2D eigenvalue weighted by Crippen LogP contribution is -2.38. The standard InChI is InChI=1S/C13H19F3N2O2S.ClH/c1-3-17-10(2)9-18-21(19,20)12-6-4-11(5-7-12)8-13(14,15)16;/h4-7,10,17-18H,3,8-9H2,1-2H3;1H/t10-;/m1./s1. The van der Waals surface area contributed by atoms with Crippen LogP contribution in [-0.4, -0.2) is 33.7 Å². The molecule has 2 N–H and O–H groups in total. The number of likely N-dealkylation sites (N-methyl/N-ethyl adjacent to an activating group) is 1. The van der Waals surface area contributed by atoms with Crippen LogP contribution in [-0.2, 0) is 16.4 Å². The van der Waals surface area contributed by atoms with Crippen LogP contribution >= 0.6 is 12.4 Å². The van der Waals surface area contributed by atoms with Gasteiger partial charge in [-0.05, 0) is 31.2 Å². The van der Waals surface area contributed by atoms with Crippen molar-refractivity contribution in [3.05, 3.63) is 29.8 Å². The van der Waals surface area contributed by atoms with Gasteiger partial charge < -0.3 is 5.32 Å². The van der Waals surface area contributed by atoms with Crippen LogP contribution in [0.4, 0.5) is 13.2 Å². The summed E-state index contributed by atoms with van der Waals surface area (Å²) in [7, 11) is -3.71. The second kappa shape index (κ2) is 8.71. The maximum atomic E-state index is 12.2. The summed E-state index contributed by atoms with van der Waals surface area (Å²) in [4.78, 5) is -0.0443. The molecule has 0 aliphatic rings. The van der Waals surface area contributed by atoms with E-state index < -0.39 is 22.6 Å². The first-order valence-corrected chi connectivity index (χ1v) is 8.01. The summed E-state index contributed by atoms with van der Waals surface area (Å²) in [5.74, 6) is 0. The first-order valence-electron chi connectivity index (χ1n) is 6.53. The highest BCUT2D eigenvalue weighted by atomic mass is 35.5. The molecule has 0 aromatic heterocycles. The second-order valence-electron chi connectivity index (χ2n) is 4.75. The minimum atomic E-state index is -4.31. The van der Waals surface area contributed by atoms with Crippen LogP contribution in [0, 0.1) is 0 Å². The molecule has 1 aromatic rings. The van der Waals surface area contributed by atoms with Gasteiger partial charge in [-0.15, -0.1) is 12.4 Å². The Kier molecular flexibility index (Phi) is 8.38. The van der Waals surface area contributed by atoms with Crippen LogP contribution in [0.1, 0.15) is 19.4 Å².